The smallest absolute Gasteiger partial charge is 0.762 e. The maximum absolute atomic E-state index is 11.4. The van der Waals surface area contributed by atoms with Crippen LogP contribution in [0, 0.1) is 0 Å². The number of nitrogens with zero attached hydrogens (tertiary/aromatic N) is 3. The molecule has 0 saturated heterocycles. The second kappa shape index (κ2) is 9.87. The first-order valence-electron chi connectivity index (χ1n) is 5.25. The molecule has 0 bridgehead atoms. The molecule has 0 N–H and O–H groups in total. The molecule has 0 saturated carbocycles. The van der Waals surface area contributed by atoms with Gasteiger partial charge in [-0.15, -0.1) is 4.73 Å². The summed E-state index contributed by atoms with van der Waals surface area (Å²) in [5, 5.41) is 0. The Bertz CT molecular complexity index is 473. The van der Waals surface area contributed by atoms with E-state index in [4.69, 9.17) is 4.84 Å². The molecular formula is C10H16BF4N3O2. The van der Waals surface area contributed by atoms with E-state index in [2.05, 4.69) is 0 Å². The standard InChI is InChI=1S/C10H16N3O2.BF3.FH/c1-11(2)10(12(3)4)15-13-8-6-5-7-9(13)14;2-1(3)4;/h5-8H,1-4H3;;1H/q+1;;/p-1. The van der Waals surface area contributed by atoms with Gasteiger partial charge in [0.15, 0.2) is 0 Å². The van der Waals surface area contributed by atoms with Crippen molar-refractivity contribution in [2.75, 3.05) is 28.2 Å². The van der Waals surface area contributed by atoms with Crippen LogP contribution in [0.5, 0.6) is 0 Å². The third kappa shape index (κ3) is 8.17. The van der Waals surface area contributed by atoms with Crippen LogP contribution in [0.15, 0.2) is 29.2 Å². The van der Waals surface area contributed by atoms with E-state index in [-0.39, 0.29) is 10.3 Å². The minimum absolute atomic E-state index is 0. The van der Waals surface area contributed by atoms with Crippen molar-refractivity contribution < 1.29 is 27.1 Å². The van der Waals surface area contributed by atoms with Crippen molar-refractivity contribution in [1.29, 1.82) is 0 Å². The van der Waals surface area contributed by atoms with Gasteiger partial charge in [0, 0.05) is 12.3 Å². The second-order valence-corrected chi connectivity index (χ2v) is 3.77. The summed E-state index contributed by atoms with van der Waals surface area (Å²) in [6.45, 7) is 0. The van der Waals surface area contributed by atoms with Gasteiger partial charge in [0.2, 0.25) is 0 Å². The Morgan fingerprint density at radius 3 is 2.15 bits per heavy atom. The highest BCUT2D eigenvalue weighted by molar-refractivity contribution is 6.33. The zero-order chi connectivity index (χ0) is 15.0. The molecule has 10 heteroatoms. The summed E-state index contributed by atoms with van der Waals surface area (Å²) in [6, 6.07) is 5.45. The fraction of sp³-hybridized carbons (Fsp3) is 0.400. The SMILES string of the molecule is CN(C)C(On1ccccc1=O)=[N+](C)C.FB(F)F.[F-]. The van der Waals surface area contributed by atoms with Crippen molar-refractivity contribution in [2.24, 2.45) is 0 Å². The van der Waals surface area contributed by atoms with Gasteiger partial charge in [-0.2, -0.15) is 0 Å². The maximum Gasteiger partial charge on any atom is 0.762 e. The molecule has 1 rings (SSSR count). The molecule has 0 amide bonds. The van der Waals surface area contributed by atoms with Gasteiger partial charge in [0.1, 0.15) is 0 Å². The Kier molecular flexibility index (Phi) is 10.0. The van der Waals surface area contributed by atoms with Crippen LogP contribution in [0.2, 0.25) is 0 Å². The van der Waals surface area contributed by atoms with Gasteiger partial charge in [-0.25, -0.2) is 9.48 Å². The van der Waals surface area contributed by atoms with E-state index in [9.17, 15) is 17.7 Å². The van der Waals surface area contributed by atoms with E-state index in [1.54, 1.807) is 27.8 Å². The monoisotopic (exact) mass is 297 g/mol. The molecule has 114 valence electrons. The average Bonchev–Trinajstić information content (AvgIpc) is 2.26. The highest BCUT2D eigenvalue weighted by atomic mass is 19.4. The quantitative estimate of drug-likeness (QED) is 0.187. The van der Waals surface area contributed by atoms with Crippen LogP contribution >= 0.6 is 0 Å². The first-order valence-corrected chi connectivity index (χ1v) is 5.25. The van der Waals surface area contributed by atoms with Crippen LogP contribution < -0.4 is 15.1 Å². The number of halogens is 4. The number of amidine groups is 1. The largest absolute Gasteiger partial charge is 1.00 e. The maximum atomic E-state index is 11.4. The zero-order valence-corrected chi connectivity index (χ0v) is 11.6. The van der Waals surface area contributed by atoms with Crippen LogP contribution in [0.25, 0.3) is 0 Å². The van der Waals surface area contributed by atoms with Gasteiger partial charge in [-0.3, -0.25) is 22.6 Å². The topological polar surface area (TPSA) is 37.5 Å². The Hall–Kier alpha value is -2.00. The summed E-state index contributed by atoms with van der Waals surface area (Å²) in [5.74, 6) is 0. The molecule has 0 unspecified atom stereocenters. The molecule has 0 aliphatic rings. The molecular weight excluding hydrogens is 281 g/mol. The summed E-state index contributed by atoms with van der Waals surface area (Å²) in [6.07, 6.45) is 1.58. The molecule has 0 aliphatic heterocycles. The van der Waals surface area contributed by atoms with E-state index in [1.165, 1.54) is 10.8 Å². The van der Waals surface area contributed by atoms with Gasteiger partial charge in [-0.05, 0) is 6.07 Å². The molecule has 0 spiro atoms. The summed E-state index contributed by atoms with van der Waals surface area (Å²) < 4.78 is 32.0. The third-order valence-corrected chi connectivity index (χ3v) is 1.73. The van der Waals surface area contributed by atoms with Crippen molar-refractivity contribution >= 4 is 13.6 Å². The third-order valence-electron chi connectivity index (χ3n) is 1.73. The first-order chi connectivity index (χ1) is 8.75. The molecule has 5 nitrogen and oxygen atoms in total. The number of hydrogen-bond donors (Lipinski definition) is 0. The Morgan fingerprint density at radius 1 is 1.30 bits per heavy atom. The van der Waals surface area contributed by atoms with Crippen LogP contribution in [0.1, 0.15) is 0 Å². The second-order valence-electron chi connectivity index (χ2n) is 3.77. The predicted molar refractivity (Wildman–Crippen MR) is 67.2 cm³/mol. The van der Waals surface area contributed by atoms with Gasteiger partial charge in [0.05, 0.1) is 28.2 Å². The van der Waals surface area contributed by atoms with E-state index < -0.39 is 7.54 Å². The molecule has 1 heterocycles. The lowest BCUT2D eigenvalue weighted by atomic mass is 10.5. The molecule has 0 atom stereocenters. The van der Waals surface area contributed by atoms with Crippen LogP contribution in [0.3, 0.4) is 0 Å². The lowest BCUT2D eigenvalue weighted by molar-refractivity contribution is -0.480. The predicted octanol–water partition coefficient (Wildman–Crippen LogP) is -2.65. The zero-order valence-electron chi connectivity index (χ0n) is 11.6. The van der Waals surface area contributed by atoms with Gasteiger partial charge < -0.3 is 4.70 Å². The average molecular weight is 297 g/mol. The summed E-state index contributed by atoms with van der Waals surface area (Å²) in [4.78, 5) is 18.6. The number of rotatable bonds is 1. The normalized spacial score (nSPS) is 8.55. The first kappa shape index (κ1) is 20.3. The van der Waals surface area contributed by atoms with E-state index in [0.29, 0.717) is 6.02 Å². The van der Waals surface area contributed by atoms with Crippen molar-refractivity contribution in [3.63, 3.8) is 0 Å². The number of hydrogen-bond acceptors (Lipinski definition) is 2. The minimum Gasteiger partial charge on any atom is -1.00 e. The molecule has 0 fully saturated rings. The van der Waals surface area contributed by atoms with Crippen molar-refractivity contribution in [2.45, 2.75) is 0 Å². The van der Waals surface area contributed by atoms with E-state index >= 15 is 0 Å². The molecule has 0 aromatic carbocycles. The molecule has 1 aromatic heterocycles. The minimum atomic E-state index is -3.67. The molecule has 0 radical (unpaired) electrons. The van der Waals surface area contributed by atoms with Gasteiger partial charge >= 0.3 is 13.6 Å². The van der Waals surface area contributed by atoms with Crippen LogP contribution in [-0.2, 0) is 0 Å². The Morgan fingerprint density at radius 2 is 1.80 bits per heavy atom. The highest BCUT2D eigenvalue weighted by Crippen LogP contribution is 1.83. The van der Waals surface area contributed by atoms with Crippen molar-refractivity contribution in [3.05, 3.63) is 34.7 Å². The molecule has 1 aromatic rings. The lowest BCUT2D eigenvalue weighted by Gasteiger charge is -2.11. The van der Waals surface area contributed by atoms with Gasteiger partial charge in [-0.1, -0.05) is 6.07 Å². The van der Waals surface area contributed by atoms with Gasteiger partial charge in [0.25, 0.3) is 5.56 Å². The summed E-state index contributed by atoms with van der Waals surface area (Å²) in [7, 11) is 3.74. The fourth-order valence-corrected chi connectivity index (χ4v) is 1.14. The summed E-state index contributed by atoms with van der Waals surface area (Å²) >= 11 is 0. The summed E-state index contributed by atoms with van der Waals surface area (Å²) in [5.41, 5.74) is -0.196. The van der Waals surface area contributed by atoms with Crippen LogP contribution in [-0.4, -0.2) is 56.0 Å². The van der Waals surface area contributed by atoms with Crippen LogP contribution in [0.4, 0.5) is 12.9 Å². The van der Waals surface area contributed by atoms with E-state index in [0.717, 1.165) is 0 Å². The van der Waals surface area contributed by atoms with Crippen molar-refractivity contribution in [1.82, 2.24) is 9.63 Å². The fourth-order valence-electron chi connectivity index (χ4n) is 1.14. The molecule has 20 heavy (non-hydrogen) atoms. The highest BCUT2D eigenvalue weighted by Gasteiger charge is 2.15. The molecule has 0 aliphatic carbocycles. The van der Waals surface area contributed by atoms with Crippen molar-refractivity contribution in [3.8, 4) is 0 Å². The van der Waals surface area contributed by atoms with E-state index in [1.807, 2.05) is 28.2 Å². The number of pyridine rings is 1. The number of aromatic nitrogens is 1. The lowest BCUT2D eigenvalue weighted by Crippen LogP contribution is -3.00. The Labute approximate surface area is 114 Å². The Balaban J connectivity index is 0.